The van der Waals surface area contributed by atoms with Crippen molar-refractivity contribution in [1.82, 2.24) is 19.7 Å². The van der Waals surface area contributed by atoms with Crippen LogP contribution in [0.15, 0.2) is 16.8 Å². The van der Waals surface area contributed by atoms with Crippen LogP contribution in [-0.2, 0) is 0 Å². The molecule has 0 amide bonds. The number of H-pyrrole nitrogens is 1. The maximum absolute atomic E-state index is 5.96. The lowest BCUT2D eigenvalue weighted by atomic mass is 10.1. The number of aromatic amines is 1. The monoisotopic (exact) mass is 308 g/mol. The molecule has 0 radical (unpaired) electrons. The minimum absolute atomic E-state index is 0.0174. The lowest BCUT2D eigenvalue weighted by Gasteiger charge is -2.13. The van der Waals surface area contributed by atoms with Gasteiger partial charge >= 0.3 is 0 Å². The van der Waals surface area contributed by atoms with E-state index in [0.717, 1.165) is 28.2 Å². The van der Waals surface area contributed by atoms with Crippen LogP contribution < -0.4 is 0 Å². The Bertz CT molecular complexity index is 828. The van der Waals surface area contributed by atoms with E-state index in [-0.39, 0.29) is 6.04 Å². The highest BCUT2D eigenvalue weighted by molar-refractivity contribution is 7.71. The van der Waals surface area contributed by atoms with Crippen molar-refractivity contribution in [3.05, 3.63) is 39.1 Å². The number of rotatable bonds is 2. The van der Waals surface area contributed by atoms with Crippen LogP contribution in [-0.4, -0.2) is 19.7 Å². The molecule has 0 aliphatic carbocycles. The van der Waals surface area contributed by atoms with Crippen molar-refractivity contribution in [1.29, 1.82) is 0 Å². The summed E-state index contributed by atoms with van der Waals surface area (Å²) < 4.78 is 7.79. The number of aryl methyl sites for hydroxylation is 2. The van der Waals surface area contributed by atoms with Crippen molar-refractivity contribution < 1.29 is 4.52 Å². The fourth-order valence-corrected chi connectivity index (χ4v) is 3.07. The van der Waals surface area contributed by atoms with Crippen molar-refractivity contribution in [3.63, 3.8) is 0 Å². The molecule has 1 N–H and O–H groups in total. The van der Waals surface area contributed by atoms with E-state index in [1.165, 1.54) is 0 Å². The maximum atomic E-state index is 5.96. The second-order valence-corrected chi connectivity index (χ2v) is 5.56. The summed E-state index contributed by atoms with van der Waals surface area (Å²) in [7, 11) is 0. The third kappa shape index (κ3) is 1.96. The Kier molecular flexibility index (Phi) is 3.14. The van der Waals surface area contributed by atoms with E-state index in [0.29, 0.717) is 9.79 Å². The highest BCUT2D eigenvalue weighted by Gasteiger charge is 2.21. The molecule has 1 atom stereocenters. The lowest BCUT2D eigenvalue weighted by molar-refractivity contribution is 0.391. The minimum atomic E-state index is -0.0174. The summed E-state index contributed by atoms with van der Waals surface area (Å²) in [5.41, 5.74) is 3.48. The maximum Gasteiger partial charge on any atom is 0.179 e. The van der Waals surface area contributed by atoms with Gasteiger partial charge < -0.3 is 9.51 Å². The SMILES string of the molecule is Cc1noc(C)c1C(C)n1c(=S)[nH]c2cc(Cl)cnc21. The molecule has 20 heavy (non-hydrogen) atoms. The van der Waals surface area contributed by atoms with Crippen molar-refractivity contribution in [3.8, 4) is 0 Å². The topological polar surface area (TPSA) is 59.6 Å². The van der Waals surface area contributed by atoms with Crippen molar-refractivity contribution in [2.24, 2.45) is 0 Å². The highest BCUT2D eigenvalue weighted by Crippen LogP contribution is 2.28. The first-order valence-electron chi connectivity index (χ1n) is 6.17. The van der Waals surface area contributed by atoms with Crippen LogP contribution in [0.1, 0.15) is 30.0 Å². The van der Waals surface area contributed by atoms with Crippen molar-refractivity contribution >= 4 is 35.0 Å². The molecule has 0 aliphatic rings. The molecule has 0 fully saturated rings. The van der Waals surface area contributed by atoms with Crippen LogP contribution in [0.5, 0.6) is 0 Å². The zero-order valence-corrected chi connectivity index (χ0v) is 12.8. The molecule has 0 spiro atoms. The van der Waals surface area contributed by atoms with Gasteiger partial charge in [0.2, 0.25) is 0 Å². The number of hydrogen-bond acceptors (Lipinski definition) is 4. The van der Waals surface area contributed by atoms with Gasteiger partial charge in [-0.2, -0.15) is 0 Å². The lowest BCUT2D eigenvalue weighted by Crippen LogP contribution is -2.09. The van der Waals surface area contributed by atoms with Crippen LogP contribution in [0.4, 0.5) is 0 Å². The van der Waals surface area contributed by atoms with E-state index in [1.54, 1.807) is 6.20 Å². The van der Waals surface area contributed by atoms with E-state index in [1.807, 2.05) is 31.4 Å². The summed E-state index contributed by atoms with van der Waals surface area (Å²) in [5.74, 6) is 0.792. The molecule has 0 aromatic carbocycles. The Morgan fingerprint density at radius 3 is 2.85 bits per heavy atom. The predicted molar refractivity (Wildman–Crippen MR) is 79.7 cm³/mol. The Balaban J connectivity index is 2.24. The summed E-state index contributed by atoms with van der Waals surface area (Å²) in [4.78, 5) is 7.50. The third-order valence-corrected chi connectivity index (χ3v) is 3.92. The number of pyridine rings is 1. The smallest absolute Gasteiger partial charge is 0.179 e. The summed E-state index contributed by atoms with van der Waals surface area (Å²) in [6.07, 6.45) is 1.61. The molecule has 3 heterocycles. The Hall–Kier alpha value is -1.66. The zero-order valence-electron chi connectivity index (χ0n) is 11.3. The molecule has 0 saturated carbocycles. The summed E-state index contributed by atoms with van der Waals surface area (Å²) in [6.45, 7) is 5.87. The molecule has 5 nitrogen and oxygen atoms in total. The first kappa shape index (κ1) is 13.3. The van der Waals surface area contributed by atoms with Crippen LogP contribution in [0.3, 0.4) is 0 Å². The number of aromatic nitrogens is 4. The summed E-state index contributed by atoms with van der Waals surface area (Å²) >= 11 is 11.4. The molecular weight excluding hydrogens is 296 g/mol. The average molecular weight is 309 g/mol. The van der Waals surface area contributed by atoms with Crippen LogP contribution in [0, 0.1) is 18.6 Å². The molecule has 3 aromatic heterocycles. The standard InChI is InChI=1S/C13H13ClN4OS/c1-6-11(8(3)19-17-6)7(2)18-12-10(16-13(18)20)4-9(14)5-15-12/h4-5,7H,1-3H3,(H,16,20). The number of fused-ring (bicyclic) bond motifs is 1. The Morgan fingerprint density at radius 1 is 1.45 bits per heavy atom. The minimum Gasteiger partial charge on any atom is -0.361 e. The molecule has 1 unspecified atom stereocenters. The Labute approximate surface area is 125 Å². The average Bonchev–Trinajstić information content (AvgIpc) is 2.88. The highest BCUT2D eigenvalue weighted by atomic mass is 35.5. The van der Waals surface area contributed by atoms with Gasteiger partial charge in [-0.05, 0) is 39.1 Å². The van der Waals surface area contributed by atoms with Crippen LogP contribution in [0.2, 0.25) is 5.02 Å². The van der Waals surface area contributed by atoms with E-state index in [9.17, 15) is 0 Å². The van der Waals surface area contributed by atoms with Crippen LogP contribution in [0.25, 0.3) is 11.2 Å². The second kappa shape index (κ2) is 4.71. The van der Waals surface area contributed by atoms with E-state index >= 15 is 0 Å². The number of nitrogens with one attached hydrogen (secondary N) is 1. The quantitative estimate of drug-likeness (QED) is 0.728. The van der Waals surface area contributed by atoms with Crippen LogP contribution >= 0.6 is 23.8 Å². The van der Waals surface area contributed by atoms with Gasteiger partial charge in [-0.1, -0.05) is 16.8 Å². The van der Waals surface area contributed by atoms with Crippen molar-refractivity contribution in [2.45, 2.75) is 26.8 Å². The fourth-order valence-electron chi connectivity index (χ4n) is 2.56. The number of halogens is 1. The normalized spacial score (nSPS) is 13.0. The van der Waals surface area contributed by atoms with Gasteiger partial charge in [-0.25, -0.2) is 4.98 Å². The molecule has 0 saturated heterocycles. The third-order valence-electron chi connectivity index (χ3n) is 3.42. The van der Waals surface area contributed by atoms with Gasteiger partial charge in [0.25, 0.3) is 0 Å². The van der Waals surface area contributed by atoms with E-state index in [2.05, 4.69) is 15.1 Å². The van der Waals surface area contributed by atoms with E-state index in [4.69, 9.17) is 28.3 Å². The van der Waals surface area contributed by atoms with Gasteiger partial charge in [0, 0.05) is 11.8 Å². The molecular formula is C13H13ClN4OS. The van der Waals surface area contributed by atoms with Crippen molar-refractivity contribution in [2.75, 3.05) is 0 Å². The number of imidazole rings is 1. The fraction of sp³-hybridized carbons (Fsp3) is 0.308. The van der Waals surface area contributed by atoms with Gasteiger partial charge in [0.1, 0.15) is 5.76 Å². The molecule has 7 heteroatoms. The largest absolute Gasteiger partial charge is 0.361 e. The van der Waals surface area contributed by atoms with Gasteiger partial charge in [0.05, 0.1) is 22.3 Å². The molecule has 3 aromatic rings. The first-order valence-corrected chi connectivity index (χ1v) is 6.96. The van der Waals surface area contributed by atoms with Gasteiger partial charge in [-0.15, -0.1) is 0 Å². The Morgan fingerprint density at radius 2 is 2.20 bits per heavy atom. The molecule has 0 aliphatic heterocycles. The van der Waals surface area contributed by atoms with Gasteiger partial charge in [0.15, 0.2) is 10.4 Å². The second-order valence-electron chi connectivity index (χ2n) is 4.74. The molecule has 0 bridgehead atoms. The first-order chi connectivity index (χ1) is 9.49. The number of hydrogen-bond donors (Lipinski definition) is 1. The van der Waals surface area contributed by atoms with E-state index < -0.39 is 0 Å². The molecule has 104 valence electrons. The molecule has 3 rings (SSSR count). The predicted octanol–water partition coefficient (Wildman–Crippen LogP) is 3.96. The number of nitrogens with zero attached hydrogens (tertiary/aromatic N) is 3. The zero-order chi connectivity index (χ0) is 14.4. The summed E-state index contributed by atoms with van der Waals surface area (Å²) in [6, 6.07) is 1.80. The summed E-state index contributed by atoms with van der Waals surface area (Å²) in [5, 5.41) is 4.57. The van der Waals surface area contributed by atoms with Gasteiger partial charge in [-0.3, -0.25) is 4.57 Å².